The van der Waals surface area contributed by atoms with Crippen molar-refractivity contribution in [2.45, 2.75) is 13.3 Å². The van der Waals surface area contributed by atoms with Crippen LogP contribution in [-0.4, -0.2) is 10.9 Å². The number of nitrogens with two attached hydrogens (primary N) is 1. The Morgan fingerprint density at radius 1 is 1.40 bits per heavy atom. The minimum atomic E-state index is -0.371. The molecule has 0 atom stereocenters. The van der Waals surface area contributed by atoms with Crippen LogP contribution < -0.4 is 11.1 Å². The van der Waals surface area contributed by atoms with Gasteiger partial charge in [0.15, 0.2) is 5.76 Å². The van der Waals surface area contributed by atoms with Crippen LogP contribution in [0.15, 0.2) is 34.7 Å². The molecule has 0 saturated carbocycles. The zero-order chi connectivity index (χ0) is 14.7. The van der Waals surface area contributed by atoms with Crippen LogP contribution in [0.3, 0.4) is 0 Å². The van der Waals surface area contributed by atoms with E-state index in [9.17, 15) is 4.79 Å². The van der Waals surface area contributed by atoms with Gasteiger partial charge in [-0.25, -0.2) is 0 Å². The van der Waals surface area contributed by atoms with Crippen LogP contribution >= 0.6 is 23.8 Å². The molecule has 0 unspecified atom stereocenters. The Kier molecular flexibility index (Phi) is 4.42. The largest absolute Gasteiger partial charge is 0.456 e. The smallest absolute Gasteiger partial charge is 0.291 e. The molecule has 20 heavy (non-hydrogen) atoms. The number of amides is 1. The van der Waals surface area contributed by atoms with Gasteiger partial charge in [0.1, 0.15) is 10.7 Å². The third-order valence-electron chi connectivity index (χ3n) is 2.73. The van der Waals surface area contributed by atoms with Gasteiger partial charge in [-0.05, 0) is 30.3 Å². The number of nitrogens with one attached hydrogen (secondary N) is 1. The predicted octanol–water partition coefficient (Wildman–Crippen LogP) is 3.38. The fraction of sp³-hybridized carbons (Fsp3) is 0.143. The van der Waals surface area contributed by atoms with Gasteiger partial charge in [-0.2, -0.15) is 0 Å². The first-order valence-corrected chi connectivity index (χ1v) is 6.79. The summed E-state index contributed by atoms with van der Waals surface area (Å²) < 4.78 is 5.39. The predicted molar refractivity (Wildman–Crippen MR) is 83.4 cm³/mol. The Balaban J connectivity index is 2.27. The summed E-state index contributed by atoms with van der Waals surface area (Å²) in [4.78, 5) is 12.3. The molecule has 104 valence electrons. The summed E-state index contributed by atoms with van der Waals surface area (Å²) in [5.41, 5.74) is 6.64. The first-order valence-electron chi connectivity index (χ1n) is 6.00. The van der Waals surface area contributed by atoms with Crippen LogP contribution in [0.5, 0.6) is 0 Å². The van der Waals surface area contributed by atoms with E-state index in [0.29, 0.717) is 16.3 Å². The third kappa shape index (κ3) is 3.18. The molecule has 2 aromatic rings. The molecule has 0 fully saturated rings. The summed E-state index contributed by atoms with van der Waals surface area (Å²) in [5, 5.41) is 3.18. The van der Waals surface area contributed by atoms with Gasteiger partial charge in [-0.3, -0.25) is 4.79 Å². The lowest BCUT2D eigenvalue weighted by Gasteiger charge is -2.09. The minimum absolute atomic E-state index is 0.186. The molecule has 0 bridgehead atoms. The first kappa shape index (κ1) is 14.6. The van der Waals surface area contributed by atoms with E-state index in [-0.39, 0.29) is 16.7 Å². The molecular weight excluding hydrogens is 296 g/mol. The van der Waals surface area contributed by atoms with Crippen LogP contribution in [0.25, 0.3) is 0 Å². The molecule has 1 aromatic carbocycles. The molecule has 3 N–H and O–H groups in total. The lowest BCUT2D eigenvalue weighted by atomic mass is 10.1. The number of hydrogen-bond acceptors (Lipinski definition) is 3. The molecule has 0 aliphatic rings. The molecule has 0 spiro atoms. The fourth-order valence-electron chi connectivity index (χ4n) is 1.71. The number of furan rings is 1. The molecule has 1 heterocycles. The Bertz CT molecular complexity index is 667. The average Bonchev–Trinajstić information content (AvgIpc) is 2.87. The third-order valence-corrected chi connectivity index (χ3v) is 3.18. The summed E-state index contributed by atoms with van der Waals surface area (Å²) in [7, 11) is 0. The number of carbonyl (C=O) groups is 1. The Morgan fingerprint density at radius 2 is 2.15 bits per heavy atom. The van der Waals surface area contributed by atoms with E-state index in [4.69, 9.17) is 34.0 Å². The van der Waals surface area contributed by atoms with Crippen LogP contribution in [-0.2, 0) is 6.42 Å². The number of benzene rings is 1. The molecule has 4 nitrogen and oxygen atoms in total. The summed E-state index contributed by atoms with van der Waals surface area (Å²) in [5.74, 6) is 0.607. The quantitative estimate of drug-likeness (QED) is 0.850. The number of halogens is 1. The highest BCUT2D eigenvalue weighted by molar-refractivity contribution is 7.80. The van der Waals surface area contributed by atoms with Crippen molar-refractivity contribution < 1.29 is 9.21 Å². The van der Waals surface area contributed by atoms with Crippen molar-refractivity contribution in [1.29, 1.82) is 0 Å². The van der Waals surface area contributed by atoms with E-state index in [0.717, 1.165) is 12.2 Å². The van der Waals surface area contributed by atoms with Crippen molar-refractivity contribution in [1.82, 2.24) is 0 Å². The van der Waals surface area contributed by atoms with Gasteiger partial charge in [-0.1, -0.05) is 30.7 Å². The summed E-state index contributed by atoms with van der Waals surface area (Å²) in [6.07, 6.45) is 0.725. The molecule has 0 saturated heterocycles. The van der Waals surface area contributed by atoms with Crippen LogP contribution in [0.1, 0.15) is 28.8 Å². The highest BCUT2D eigenvalue weighted by Crippen LogP contribution is 2.22. The second-order valence-corrected chi connectivity index (χ2v) is 5.00. The molecular formula is C14H13ClN2O2S. The topological polar surface area (TPSA) is 68.3 Å². The molecule has 6 heteroatoms. The molecule has 1 aromatic heterocycles. The van der Waals surface area contributed by atoms with Gasteiger partial charge in [-0.15, -0.1) is 0 Å². The minimum Gasteiger partial charge on any atom is -0.456 e. The van der Waals surface area contributed by atoms with Crippen molar-refractivity contribution in [3.05, 3.63) is 52.4 Å². The lowest BCUT2D eigenvalue weighted by molar-refractivity contribution is 0.0995. The zero-order valence-electron chi connectivity index (χ0n) is 10.8. The molecule has 0 aliphatic heterocycles. The Morgan fingerprint density at radius 3 is 2.75 bits per heavy atom. The van der Waals surface area contributed by atoms with Gasteiger partial charge < -0.3 is 15.5 Å². The molecule has 2 rings (SSSR count). The molecule has 1 amide bonds. The lowest BCUT2D eigenvalue weighted by Crippen LogP contribution is -2.17. The van der Waals surface area contributed by atoms with Crippen molar-refractivity contribution in [2.24, 2.45) is 5.73 Å². The first-order chi connectivity index (χ1) is 9.51. The maximum atomic E-state index is 12.1. The Hall–Kier alpha value is -1.85. The number of aryl methyl sites for hydroxylation is 1. The van der Waals surface area contributed by atoms with Gasteiger partial charge in [0.05, 0.1) is 5.69 Å². The van der Waals surface area contributed by atoms with Gasteiger partial charge in [0, 0.05) is 17.0 Å². The number of carbonyl (C=O) groups excluding carboxylic acids is 1. The van der Waals surface area contributed by atoms with E-state index in [1.54, 1.807) is 30.3 Å². The van der Waals surface area contributed by atoms with E-state index < -0.39 is 0 Å². The number of hydrogen-bond donors (Lipinski definition) is 2. The van der Waals surface area contributed by atoms with Crippen molar-refractivity contribution in [3.8, 4) is 0 Å². The second-order valence-electron chi connectivity index (χ2n) is 4.13. The number of thiocarbonyl (C=S) groups is 1. The van der Waals surface area contributed by atoms with E-state index in [1.807, 2.05) is 6.92 Å². The average molecular weight is 309 g/mol. The summed E-state index contributed by atoms with van der Waals surface area (Å²) >= 11 is 10.9. The fourth-order valence-corrected chi connectivity index (χ4v) is 2.06. The summed E-state index contributed by atoms with van der Waals surface area (Å²) in [6.45, 7) is 1.95. The highest BCUT2D eigenvalue weighted by Gasteiger charge is 2.14. The zero-order valence-corrected chi connectivity index (χ0v) is 12.3. The van der Waals surface area contributed by atoms with Crippen LogP contribution in [0.2, 0.25) is 5.02 Å². The molecule has 0 aliphatic carbocycles. The number of rotatable bonds is 4. The summed E-state index contributed by atoms with van der Waals surface area (Å²) in [6, 6.07) is 8.31. The van der Waals surface area contributed by atoms with Gasteiger partial charge in [0.25, 0.3) is 5.91 Å². The Labute approximate surface area is 126 Å². The van der Waals surface area contributed by atoms with Crippen LogP contribution in [0.4, 0.5) is 5.69 Å². The van der Waals surface area contributed by atoms with Gasteiger partial charge in [0.2, 0.25) is 0 Å². The van der Waals surface area contributed by atoms with Crippen molar-refractivity contribution in [3.63, 3.8) is 0 Å². The van der Waals surface area contributed by atoms with E-state index >= 15 is 0 Å². The number of anilines is 1. The SMILES string of the molecule is CCc1ccc(C(=O)Nc2cc(Cl)ccc2C(N)=S)o1. The molecule has 0 radical (unpaired) electrons. The van der Waals surface area contributed by atoms with Crippen molar-refractivity contribution in [2.75, 3.05) is 5.32 Å². The maximum absolute atomic E-state index is 12.1. The van der Waals surface area contributed by atoms with Crippen LogP contribution in [0, 0.1) is 0 Å². The van der Waals surface area contributed by atoms with Gasteiger partial charge >= 0.3 is 0 Å². The highest BCUT2D eigenvalue weighted by atomic mass is 35.5. The standard InChI is InChI=1S/C14H13ClN2O2S/c1-2-9-4-6-12(19-9)14(18)17-11-7-8(15)3-5-10(11)13(16)20/h3-7H,2H2,1H3,(H2,16,20)(H,17,18). The second kappa shape index (κ2) is 6.07. The van der Waals surface area contributed by atoms with Crippen molar-refractivity contribution >= 4 is 40.4 Å². The van der Waals surface area contributed by atoms with E-state index in [1.165, 1.54) is 0 Å². The van der Waals surface area contributed by atoms with E-state index in [2.05, 4.69) is 5.32 Å². The normalized spacial score (nSPS) is 10.3. The maximum Gasteiger partial charge on any atom is 0.291 e. The monoisotopic (exact) mass is 308 g/mol.